The molecular formula is C6H6N2O2. The molecule has 10 heavy (non-hydrogen) atoms. The van der Waals surface area contributed by atoms with Crippen LogP contribution in [0.2, 0.25) is 0 Å². The Kier molecular flexibility index (Phi) is 1.84. The van der Waals surface area contributed by atoms with E-state index in [4.69, 9.17) is 10.3 Å². The average molecular weight is 138 g/mol. The molecule has 0 amide bonds. The number of aromatic nitrogens is 1. The molecule has 4 heteroatoms. The molecule has 0 saturated carbocycles. The molecule has 0 saturated heterocycles. The van der Waals surface area contributed by atoms with Gasteiger partial charge in [-0.05, 0) is 6.07 Å². The van der Waals surface area contributed by atoms with Gasteiger partial charge in [0.25, 0.3) is 0 Å². The van der Waals surface area contributed by atoms with Crippen molar-refractivity contribution < 1.29 is 10.3 Å². The molecule has 0 aliphatic heterocycles. The minimum absolute atomic E-state index is 0.0857. The Morgan fingerprint density at radius 2 is 2.40 bits per heavy atom. The summed E-state index contributed by atoms with van der Waals surface area (Å²) in [5, 5.41) is 19.6. The van der Waals surface area contributed by atoms with Crippen molar-refractivity contribution in [1.82, 2.24) is 4.98 Å². The summed E-state index contributed by atoms with van der Waals surface area (Å²) in [7, 11) is 0. The van der Waals surface area contributed by atoms with E-state index in [1.54, 1.807) is 6.07 Å². The topological polar surface area (TPSA) is 65.7 Å². The highest BCUT2D eigenvalue weighted by atomic mass is 16.4. The molecule has 4 nitrogen and oxygen atoms in total. The predicted octanol–water partition coefficient (Wildman–Crippen LogP) is 0.595. The van der Waals surface area contributed by atoms with Crippen LogP contribution in [-0.4, -0.2) is 21.5 Å². The molecule has 0 bridgehead atoms. The van der Waals surface area contributed by atoms with Gasteiger partial charge in [0, 0.05) is 17.8 Å². The minimum atomic E-state index is -0.0857. The van der Waals surface area contributed by atoms with Gasteiger partial charge in [-0.2, -0.15) is 0 Å². The third kappa shape index (κ3) is 1.45. The Balaban J connectivity index is 2.95. The van der Waals surface area contributed by atoms with Gasteiger partial charge in [0.2, 0.25) is 5.88 Å². The van der Waals surface area contributed by atoms with E-state index in [9.17, 15) is 0 Å². The van der Waals surface area contributed by atoms with E-state index in [0.29, 0.717) is 5.56 Å². The molecule has 0 spiro atoms. The van der Waals surface area contributed by atoms with Crippen molar-refractivity contribution in [3.63, 3.8) is 0 Å². The number of hydrogen-bond acceptors (Lipinski definition) is 4. The van der Waals surface area contributed by atoms with Crippen LogP contribution < -0.4 is 0 Å². The van der Waals surface area contributed by atoms with Gasteiger partial charge in [0.1, 0.15) is 0 Å². The van der Waals surface area contributed by atoms with Crippen LogP contribution in [0.1, 0.15) is 5.56 Å². The summed E-state index contributed by atoms with van der Waals surface area (Å²) in [5.74, 6) is -0.0857. The highest BCUT2D eigenvalue weighted by Crippen LogP contribution is 2.03. The van der Waals surface area contributed by atoms with Gasteiger partial charge < -0.3 is 10.3 Å². The van der Waals surface area contributed by atoms with Crippen molar-refractivity contribution >= 4 is 6.21 Å². The summed E-state index contributed by atoms with van der Waals surface area (Å²) < 4.78 is 0. The first kappa shape index (κ1) is 6.54. The molecule has 0 aliphatic rings. The lowest BCUT2D eigenvalue weighted by atomic mass is 10.3. The highest BCUT2D eigenvalue weighted by molar-refractivity contribution is 5.79. The van der Waals surface area contributed by atoms with E-state index in [1.807, 2.05) is 0 Å². The summed E-state index contributed by atoms with van der Waals surface area (Å²) in [4.78, 5) is 3.53. The fraction of sp³-hybridized carbons (Fsp3) is 0. The number of oxime groups is 1. The molecule has 1 aromatic rings. The number of nitrogens with zero attached hydrogens (tertiary/aromatic N) is 2. The van der Waals surface area contributed by atoms with Crippen LogP contribution in [0.5, 0.6) is 5.88 Å². The van der Waals surface area contributed by atoms with Gasteiger partial charge in [-0.1, -0.05) is 5.16 Å². The van der Waals surface area contributed by atoms with Gasteiger partial charge in [-0.25, -0.2) is 4.98 Å². The van der Waals surface area contributed by atoms with Crippen molar-refractivity contribution in [2.45, 2.75) is 0 Å². The quantitative estimate of drug-likeness (QED) is 0.339. The number of rotatable bonds is 1. The van der Waals surface area contributed by atoms with Gasteiger partial charge in [-0.3, -0.25) is 0 Å². The number of hydrogen-bond donors (Lipinski definition) is 2. The fourth-order valence-corrected chi connectivity index (χ4v) is 0.581. The highest BCUT2D eigenvalue weighted by Gasteiger charge is 1.89. The third-order valence-corrected chi connectivity index (χ3v) is 0.976. The molecule has 2 N–H and O–H groups in total. The van der Waals surface area contributed by atoms with Crippen LogP contribution in [0.4, 0.5) is 0 Å². The van der Waals surface area contributed by atoms with Crippen LogP contribution in [0.15, 0.2) is 23.5 Å². The SMILES string of the molecule is O/N=C/c1ccnc(O)c1. The molecule has 0 radical (unpaired) electrons. The van der Waals surface area contributed by atoms with Crippen molar-refractivity contribution in [3.05, 3.63) is 23.9 Å². The smallest absolute Gasteiger partial charge is 0.211 e. The monoisotopic (exact) mass is 138 g/mol. The zero-order valence-electron chi connectivity index (χ0n) is 5.10. The Morgan fingerprint density at radius 1 is 1.60 bits per heavy atom. The maximum atomic E-state index is 8.79. The lowest BCUT2D eigenvalue weighted by molar-refractivity contribution is 0.322. The lowest BCUT2D eigenvalue weighted by Crippen LogP contribution is -1.81. The normalized spacial score (nSPS) is 10.4. The summed E-state index contributed by atoms with van der Waals surface area (Å²) in [6.45, 7) is 0. The van der Waals surface area contributed by atoms with E-state index < -0.39 is 0 Å². The van der Waals surface area contributed by atoms with E-state index >= 15 is 0 Å². The number of aromatic hydroxyl groups is 1. The average Bonchev–Trinajstić information content (AvgIpc) is 1.88. The molecule has 0 aromatic carbocycles. The Labute approximate surface area is 57.5 Å². The molecule has 0 aliphatic carbocycles. The summed E-state index contributed by atoms with van der Waals surface area (Å²) in [6, 6.07) is 3.00. The molecule has 1 heterocycles. The molecule has 0 atom stereocenters. The Hall–Kier alpha value is -1.58. The molecule has 1 rings (SSSR count). The van der Waals surface area contributed by atoms with Gasteiger partial charge in [0.05, 0.1) is 6.21 Å². The van der Waals surface area contributed by atoms with Crippen LogP contribution in [0, 0.1) is 0 Å². The predicted molar refractivity (Wildman–Crippen MR) is 35.3 cm³/mol. The van der Waals surface area contributed by atoms with Crippen LogP contribution in [-0.2, 0) is 0 Å². The standard InChI is InChI=1S/C6H6N2O2/c9-6-3-5(4-8-10)1-2-7-6/h1-4,10H,(H,7,9)/b8-4+. The van der Waals surface area contributed by atoms with Crippen LogP contribution in [0.25, 0.3) is 0 Å². The van der Waals surface area contributed by atoms with Crippen molar-refractivity contribution in [2.75, 3.05) is 0 Å². The van der Waals surface area contributed by atoms with Crippen LogP contribution >= 0.6 is 0 Å². The second kappa shape index (κ2) is 2.82. The largest absolute Gasteiger partial charge is 0.493 e. The van der Waals surface area contributed by atoms with E-state index in [1.165, 1.54) is 18.5 Å². The molecule has 1 aromatic heterocycles. The zero-order chi connectivity index (χ0) is 7.40. The number of pyridine rings is 1. The third-order valence-electron chi connectivity index (χ3n) is 0.976. The molecule has 52 valence electrons. The van der Waals surface area contributed by atoms with E-state index in [0.717, 1.165) is 0 Å². The maximum Gasteiger partial charge on any atom is 0.211 e. The van der Waals surface area contributed by atoms with Gasteiger partial charge in [-0.15, -0.1) is 0 Å². The first-order chi connectivity index (χ1) is 4.83. The van der Waals surface area contributed by atoms with Gasteiger partial charge in [0.15, 0.2) is 0 Å². The maximum absolute atomic E-state index is 8.79. The first-order valence-corrected chi connectivity index (χ1v) is 2.65. The molecular weight excluding hydrogens is 132 g/mol. The van der Waals surface area contributed by atoms with Crippen molar-refractivity contribution in [3.8, 4) is 5.88 Å². The second-order valence-corrected chi connectivity index (χ2v) is 1.69. The second-order valence-electron chi connectivity index (χ2n) is 1.69. The van der Waals surface area contributed by atoms with Gasteiger partial charge >= 0.3 is 0 Å². The lowest BCUT2D eigenvalue weighted by Gasteiger charge is -1.90. The summed E-state index contributed by atoms with van der Waals surface area (Å²) >= 11 is 0. The first-order valence-electron chi connectivity index (χ1n) is 2.65. The minimum Gasteiger partial charge on any atom is -0.493 e. The fourth-order valence-electron chi connectivity index (χ4n) is 0.581. The van der Waals surface area contributed by atoms with Crippen LogP contribution in [0.3, 0.4) is 0 Å². The Bertz CT molecular complexity index is 247. The summed E-state index contributed by atoms with van der Waals surface area (Å²) in [6.07, 6.45) is 2.63. The zero-order valence-corrected chi connectivity index (χ0v) is 5.10. The Morgan fingerprint density at radius 3 is 3.00 bits per heavy atom. The molecule has 0 fully saturated rings. The molecule has 0 unspecified atom stereocenters. The van der Waals surface area contributed by atoms with Crippen molar-refractivity contribution in [1.29, 1.82) is 0 Å². The summed E-state index contributed by atoms with van der Waals surface area (Å²) in [5.41, 5.74) is 0.606. The van der Waals surface area contributed by atoms with Crippen molar-refractivity contribution in [2.24, 2.45) is 5.16 Å². The van der Waals surface area contributed by atoms with E-state index in [-0.39, 0.29) is 5.88 Å². The van der Waals surface area contributed by atoms with E-state index in [2.05, 4.69) is 10.1 Å².